The summed E-state index contributed by atoms with van der Waals surface area (Å²) in [4.78, 5) is 27.2. The lowest BCUT2D eigenvalue weighted by molar-refractivity contribution is -0.133. The highest BCUT2D eigenvalue weighted by Gasteiger charge is 2.55. The number of likely N-dealkylation sites (N-methyl/N-ethyl adjacent to an activating group) is 1. The molecule has 1 aromatic carbocycles. The van der Waals surface area contributed by atoms with Gasteiger partial charge in [0.1, 0.15) is 5.82 Å². The van der Waals surface area contributed by atoms with Crippen LogP contribution in [0.5, 0.6) is 0 Å². The summed E-state index contributed by atoms with van der Waals surface area (Å²) in [5, 5.41) is 0. The van der Waals surface area contributed by atoms with Gasteiger partial charge in [0.15, 0.2) is 5.82 Å². The molecule has 1 saturated heterocycles. The first-order chi connectivity index (χ1) is 14.1. The fourth-order valence-corrected chi connectivity index (χ4v) is 4.07. The summed E-state index contributed by atoms with van der Waals surface area (Å²) in [6.45, 7) is 2.96. The number of carbonyl (C=O) groups is 1. The Morgan fingerprint density at radius 2 is 1.86 bits per heavy atom. The number of amides is 1. The van der Waals surface area contributed by atoms with E-state index < -0.39 is 5.41 Å². The number of carbonyl (C=O) groups excluding carboxylic acids is 1. The van der Waals surface area contributed by atoms with Gasteiger partial charge >= 0.3 is 0 Å². The van der Waals surface area contributed by atoms with Crippen molar-refractivity contribution in [2.45, 2.75) is 37.1 Å². The maximum absolute atomic E-state index is 13.3. The van der Waals surface area contributed by atoms with E-state index in [4.69, 9.17) is 20.4 Å². The molecule has 0 radical (unpaired) electrons. The van der Waals surface area contributed by atoms with Crippen molar-refractivity contribution < 1.29 is 9.53 Å². The molecule has 1 aromatic heterocycles. The molecule has 5 rings (SSSR count). The van der Waals surface area contributed by atoms with E-state index in [1.807, 2.05) is 42.3 Å². The van der Waals surface area contributed by atoms with Crippen molar-refractivity contribution in [1.82, 2.24) is 14.9 Å². The second kappa shape index (κ2) is 6.99. The first-order valence-corrected chi connectivity index (χ1v) is 10.4. The van der Waals surface area contributed by atoms with E-state index in [9.17, 15) is 4.79 Å². The van der Waals surface area contributed by atoms with Gasteiger partial charge in [0.2, 0.25) is 5.91 Å². The molecule has 2 aliphatic carbocycles. The van der Waals surface area contributed by atoms with E-state index >= 15 is 0 Å². The number of anilines is 2. The second-order valence-electron chi connectivity index (χ2n) is 8.39. The van der Waals surface area contributed by atoms with Crippen molar-refractivity contribution in [2.24, 2.45) is 0 Å². The monoisotopic (exact) mass is 393 g/mol. The van der Waals surface area contributed by atoms with Gasteiger partial charge in [0.25, 0.3) is 0 Å². The highest BCUT2D eigenvalue weighted by Crippen LogP contribution is 2.50. The third-order valence-corrected chi connectivity index (χ3v) is 6.28. The SMILES string of the molecule is CN(C(=O)C1(c2cc(N3CCOCC3)nc(-c3ccc(N)cc3)n2)CC1)C1CC1. The van der Waals surface area contributed by atoms with Crippen LogP contribution in [0.1, 0.15) is 31.4 Å². The molecular formula is C22H27N5O2. The average molecular weight is 393 g/mol. The van der Waals surface area contributed by atoms with Crippen molar-refractivity contribution in [1.29, 1.82) is 0 Å². The van der Waals surface area contributed by atoms with Gasteiger partial charge in [-0.25, -0.2) is 9.97 Å². The highest BCUT2D eigenvalue weighted by molar-refractivity contribution is 5.91. The number of benzene rings is 1. The molecule has 29 heavy (non-hydrogen) atoms. The zero-order valence-corrected chi connectivity index (χ0v) is 16.8. The van der Waals surface area contributed by atoms with Crippen LogP contribution < -0.4 is 10.6 Å². The summed E-state index contributed by atoms with van der Waals surface area (Å²) in [5.41, 5.74) is 7.82. The molecule has 0 bridgehead atoms. The molecule has 2 saturated carbocycles. The van der Waals surface area contributed by atoms with Crippen molar-refractivity contribution in [3.05, 3.63) is 36.0 Å². The Kier molecular flexibility index (Phi) is 4.42. The number of aromatic nitrogens is 2. The van der Waals surface area contributed by atoms with Gasteiger partial charge in [0, 0.05) is 43.5 Å². The normalized spacial score (nSPS) is 20.4. The van der Waals surface area contributed by atoms with Crippen molar-refractivity contribution in [3.63, 3.8) is 0 Å². The molecule has 0 atom stereocenters. The molecule has 0 unspecified atom stereocenters. The van der Waals surface area contributed by atoms with Crippen LogP contribution in [0.25, 0.3) is 11.4 Å². The quantitative estimate of drug-likeness (QED) is 0.784. The fourth-order valence-electron chi connectivity index (χ4n) is 4.07. The van der Waals surface area contributed by atoms with Crippen LogP contribution >= 0.6 is 0 Å². The fraction of sp³-hybridized carbons (Fsp3) is 0.500. The van der Waals surface area contributed by atoms with Gasteiger partial charge in [-0.2, -0.15) is 0 Å². The molecule has 1 amide bonds. The average Bonchev–Trinajstić information content (AvgIpc) is 3.67. The molecule has 7 heteroatoms. The molecule has 1 aliphatic heterocycles. The minimum atomic E-state index is -0.496. The highest BCUT2D eigenvalue weighted by atomic mass is 16.5. The van der Waals surface area contributed by atoms with Crippen LogP contribution in [0, 0.1) is 0 Å². The third-order valence-electron chi connectivity index (χ3n) is 6.28. The number of nitrogens with two attached hydrogens (primary N) is 1. The number of nitrogen functional groups attached to an aromatic ring is 1. The van der Waals surface area contributed by atoms with E-state index in [1.165, 1.54) is 0 Å². The number of morpholine rings is 1. The summed E-state index contributed by atoms with van der Waals surface area (Å²) >= 11 is 0. The standard InChI is InChI=1S/C22H27N5O2/c1-26(17-6-7-17)21(28)22(8-9-22)18-14-19(27-10-12-29-13-11-27)25-20(24-18)15-2-4-16(23)5-3-15/h2-5,14,17H,6-13,23H2,1H3. The maximum atomic E-state index is 13.3. The molecule has 2 heterocycles. The first-order valence-electron chi connectivity index (χ1n) is 10.4. The predicted octanol–water partition coefficient (Wildman–Crippen LogP) is 2.21. The van der Waals surface area contributed by atoms with Crippen molar-refractivity contribution in [3.8, 4) is 11.4 Å². The van der Waals surface area contributed by atoms with Crippen molar-refractivity contribution in [2.75, 3.05) is 44.0 Å². The summed E-state index contributed by atoms with van der Waals surface area (Å²) in [6.07, 6.45) is 3.92. The zero-order chi connectivity index (χ0) is 20.0. The van der Waals surface area contributed by atoms with Gasteiger partial charge in [-0.15, -0.1) is 0 Å². The van der Waals surface area contributed by atoms with Gasteiger partial charge in [0.05, 0.1) is 24.3 Å². The molecular weight excluding hydrogens is 366 g/mol. The number of ether oxygens (including phenoxy) is 1. The Balaban J connectivity index is 1.56. The number of rotatable bonds is 5. The number of hydrogen-bond donors (Lipinski definition) is 1. The first kappa shape index (κ1) is 18.4. The van der Waals surface area contributed by atoms with E-state index in [2.05, 4.69) is 4.90 Å². The summed E-state index contributed by atoms with van der Waals surface area (Å²) in [6, 6.07) is 10.0. The Morgan fingerprint density at radius 3 is 2.48 bits per heavy atom. The second-order valence-corrected chi connectivity index (χ2v) is 8.39. The van der Waals surface area contributed by atoms with Crippen LogP contribution in [0.3, 0.4) is 0 Å². The Labute approximate surface area is 170 Å². The Hall–Kier alpha value is -2.67. The maximum Gasteiger partial charge on any atom is 0.234 e. The lowest BCUT2D eigenvalue weighted by Crippen LogP contribution is -2.39. The van der Waals surface area contributed by atoms with E-state index in [-0.39, 0.29) is 5.91 Å². The smallest absolute Gasteiger partial charge is 0.234 e. The van der Waals surface area contributed by atoms with Crippen molar-refractivity contribution >= 4 is 17.4 Å². The molecule has 3 aliphatic rings. The Morgan fingerprint density at radius 1 is 1.17 bits per heavy atom. The Bertz CT molecular complexity index is 915. The number of hydrogen-bond acceptors (Lipinski definition) is 6. The summed E-state index contributed by atoms with van der Waals surface area (Å²) in [7, 11) is 1.94. The molecule has 7 nitrogen and oxygen atoms in total. The van der Waals surface area contributed by atoms with Crippen LogP contribution in [0.2, 0.25) is 0 Å². The summed E-state index contributed by atoms with van der Waals surface area (Å²) < 4.78 is 5.50. The van der Waals surface area contributed by atoms with Gasteiger partial charge in [-0.3, -0.25) is 4.79 Å². The predicted molar refractivity (Wildman–Crippen MR) is 112 cm³/mol. The molecule has 152 valence electrons. The van der Waals surface area contributed by atoms with Gasteiger partial charge in [-0.05, 0) is 49.9 Å². The topological polar surface area (TPSA) is 84.6 Å². The van der Waals surface area contributed by atoms with E-state index in [0.717, 1.165) is 55.8 Å². The molecule has 2 N–H and O–H groups in total. The molecule has 0 spiro atoms. The van der Waals surface area contributed by atoms with Crippen LogP contribution in [0.4, 0.5) is 11.5 Å². The van der Waals surface area contributed by atoms with Crippen LogP contribution in [0.15, 0.2) is 30.3 Å². The van der Waals surface area contributed by atoms with Crippen LogP contribution in [-0.2, 0) is 14.9 Å². The van der Waals surface area contributed by atoms with Gasteiger partial charge in [-0.1, -0.05) is 0 Å². The number of nitrogens with zero attached hydrogens (tertiary/aromatic N) is 4. The molecule has 2 aromatic rings. The summed E-state index contributed by atoms with van der Waals surface area (Å²) in [5.74, 6) is 1.73. The zero-order valence-electron chi connectivity index (χ0n) is 16.8. The van der Waals surface area contributed by atoms with E-state index in [1.54, 1.807) is 0 Å². The largest absolute Gasteiger partial charge is 0.399 e. The van der Waals surface area contributed by atoms with Gasteiger partial charge < -0.3 is 20.3 Å². The van der Waals surface area contributed by atoms with Crippen LogP contribution in [-0.4, -0.2) is 60.2 Å². The lowest BCUT2D eigenvalue weighted by atomic mass is 9.99. The minimum absolute atomic E-state index is 0.204. The molecule has 3 fully saturated rings. The third kappa shape index (κ3) is 3.44. The lowest BCUT2D eigenvalue weighted by Gasteiger charge is -2.29. The minimum Gasteiger partial charge on any atom is -0.399 e. The van der Waals surface area contributed by atoms with E-state index in [0.29, 0.717) is 30.8 Å².